The standard InChI is InChI=1S/C28H29ClF3N3O2/c1-16(2)25(36)13-17-4-3-5-18(12-17)27(37)34-21-9-7-20(8-10-21)33-24-15-26(28(30,31)32)35-23-11-6-19(29)14-22(23)24/h3-6,11-12,14-16,20-21H,7-10,13H2,1-2H3,(H,33,35)(H,34,37). The lowest BCUT2D eigenvalue weighted by Gasteiger charge is -2.31. The molecule has 1 aliphatic rings. The number of ketones is 1. The number of carbonyl (C=O) groups is 2. The van der Waals surface area contributed by atoms with Crippen molar-refractivity contribution in [2.75, 3.05) is 5.32 Å². The average Bonchev–Trinajstić information content (AvgIpc) is 2.85. The minimum Gasteiger partial charge on any atom is -0.382 e. The maximum Gasteiger partial charge on any atom is 0.433 e. The van der Waals surface area contributed by atoms with Gasteiger partial charge in [-0.3, -0.25) is 9.59 Å². The summed E-state index contributed by atoms with van der Waals surface area (Å²) in [6.07, 6.45) is -1.54. The van der Waals surface area contributed by atoms with Gasteiger partial charge in [-0.15, -0.1) is 0 Å². The topological polar surface area (TPSA) is 71.1 Å². The highest BCUT2D eigenvalue weighted by atomic mass is 35.5. The lowest BCUT2D eigenvalue weighted by Crippen LogP contribution is -2.40. The summed E-state index contributed by atoms with van der Waals surface area (Å²) in [5.74, 6) is -0.140. The molecule has 3 aromatic rings. The van der Waals surface area contributed by atoms with Crippen LogP contribution in [0.1, 0.15) is 61.1 Å². The third-order valence-electron chi connectivity index (χ3n) is 6.69. The Balaban J connectivity index is 1.39. The maximum atomic E-state index is 13.4. The van der Waals surface area contributed by atoms with E-state index < -0.39 is 11.9 Å². The van der Waals surface area contributed by atoms with E-state index in [1.807, 2.05) is 19.9 Å². The van der Waals surface area contributed by atoms with E-state index in [0.717, 1.165) is 11.6 Å². The summed E-state index contributed by atoms with van der Waals surface area (Å²) in [5.41, 5.74) is 0.930. The lowest BCUT2D eigenvalue weighted by molar-refractivity contribution is -0.140. The zero-order chi connectivity index (χ0) is 26.7. The Hall–Kier alpha value is -3.13. The van der Waals surface area contributed by atoms with Gasteiger partial charge in [-0.1, -0.05) is 37.6 Å². The summed E-state index contributed by atoms with van der Waals surface area (Å²) in [6.45, 7) is 3.71. The van der Waals surface area contributed by atoms with Crippen molar-refractivity contribution < 1.29 is 22.8 Å². The summed E-state index contributed by atoms with van der Waals surface area (Å²) < 4.78 is 40.2. The number of hydrogen-bond acceptors (Lipinski definition) is 4. The van der Waals surface area contributed by atoms with Crippen molar-refractivity contribution in [3.8, 4) is 0 Å². The molecule has 1 heterocycles. The van der Waals surface area contributed by atoms with Gasteiger partial charge in [0, 0.05) is 46.1 Å². The molecule has 37 heavy (non-hydrogen) atoms. The number of rotatable bonds is 7. The average molecular weight is 532 g/mol. The lowest BCUT2D eigenvalue weighted by atomic mass is 9.90. The first kappa shape index (κ1) is 26.9. The fourth-order valence-electron chi connectivity index (χ4n) is 4.56. The van der Waals surface area contributed by atoms with Crippen molar-refractivity contribution in [3.05, 3.63) is 70.4 Å². The van der Waals surface area contributed by atoms with Crippen molar-refractivity contribution in [2.45, 2.75) is 64.2 Å². The Morgan fingerprint density at radius 1 is 1.03 bits per heavy atom. The number of benzene rings is 2. The Morgan fingerprint density at radius 2 is 1.73 bits per heavy atom. The van der Waals surface area contributed by atoms with Crippen molar-refractivity contribution in [3.63, 3.8) is 0 Å². The molecule has 2 aromatic carbocycles. The van der Waals surface area contributed by atoms with E-state index in [1.54, 1.807) is 24.3 Å². The molecule has 1 saturated carbocycles. The molecule has 1 aliphatic carbocycles. The van der Waals surface area contributed by atoms with E-state index in [4.69, 9.17) is 11.6 Å². The summed E-state index contributed by atoms with van der Waals surface area (Å²) in [4.78, 5) is 28.6. The first-order chi connectivity index (χ1) is 17.5. The fourth-order valence-corrected chi connectivity index (χ4v) is 4.73. The van der Waals surface area contributed by atoms with E-state index in [1.165, 1.54) is 12.1 Å². The molecule has 2 N–H and O–H groups in total. The molecule has 0 aliphatic heterocycles. The number of aromatic nitrogens is 1. The molecular formula is C28H29ClF3N3O2. The second kappa shape index (κ2) is 11.1. The number of alkyl halides is 3. The molecule has 1 fully saturated rings. The van der Waals surface area contributed by atoms with E-state index in [-0.39, 0.29) is 35.2 Å². The molecule has 0 unspecified atom stereocenters. The molecule has 0 radical (unpaired) electrons. The van der Waals surface area contributed by atoms with Crippen LogP contribution < -0.4 is 10.6 Å². The predicted octanol–water partition coefficient (Wildman–Crippen LogP) is 6.83. The highest BCUT2D eigenvalue weighted by Crippen LogP contribution is 2.35. The molecule has 5 nitrogen and oxygen atoms in total. The number of nitrogens with one attached hydrogen (secondary N) is 2. The largest absolute Gasteiger partial charge is 0.433 e. The van der Waals surface area contributed by atoms with E-state index in [0.29, 0.717) is 53.8 Å². The van der Waals surface area contributed by atoms with Crippen LogP contribution in [0.2, 0.25) is 5.02 Å². The van der Waals surface area contributed by atoms with Crippen molar-refractivity contribution in [2.24, 2.45) is 5.92 Å². The van der Waals surface area contributed by atoms with Crippen LogP contribution in [0.25, 0.3) is 10.9 Å². The van der Waals surface area contributed by atoms with Gasteiger partial charge in [-0.05, 0) is 67.6 Å². The third-order valence-corrected chi connectivity index (χ3v) is 6.93. The number of amides is 1. The normalized spacial score (nSPS) is 18.1. The number of carbonyl (C=O) groups excluding carboxylic acids is 2. The third kappa shape index (κ3) is 6.80. The fraction of sp³-hybridized carbons (Fsp3) is 0.393. The predicted molar refractivity (Wildman–Crippen MR) is 139 cm³/mol. The first-order valence-electron chi connectivity index (χ1n) is 12.4. The summed E-state index contributed by atoms with van der Waals surface area (Å²) in [7, 11) is 0. The molecule has 0 bridgehead atoms. The van der Waals surface area contributed by atoms with Gasteiger partial charge in [-0.25, -0.2) is 4.98 Å². The molecule has 9 heteroatoms. The van der Waals surface area contributed by atoms with Crippen molar-refractivity contribution in [1.82, 2.24) is 10.3 Å². The van der Waals surface area contributed by atoms with Crippen LogP contribution in [-0.2, 0) is 17.4 Å². The van der Waals surface area contributed by atoms with Crippen LogP contribution in [-0.4, -0.2) is 28.8 Å². The monoisotopic (exact) mass is 531 g/mol. The highest BCUT2D eigenvalue weighted by Gasteiger charge is 2.34. The van der Waals surface area contributed by atoms with E-state index in [2.05, 4.69) is 15.6 Å². The van der Waals surface area contributed by atoms with Gasteiger partial charge in [0.15, 0.2) is 0 Å². The van der Waals surface area contributed by atoms with Crippen LogP contribution >= 0.6 is 11.6 Å². The SMILES string of the molecule is CC(C)C(=O)Cc1cccc(C(=O)NC2CCC(Nc3cc(C(F)(F)F)nc4ccc(Cl)cc34)CC2)c1. The smallest absolute Gasteiger partial charge is 0.382 e. The minimum absolute atomic E-state index is 0.0409. The van der Waals surface area contributed by atoms with E-state index >= 15 is 0 Å². The number of halogens is 4. The molecule has 1 aromatic heterocycles. The molecule has 4 rings (SSSR count). The highest BCUT2D eigenvalue weighted by molar-refractivity contribution is 6.31. The number of pyridine rings is 1. The van der Waals surface area contributed by atoms with Gasteiger partial charge < -0.3 is 10.6 Å². The molecule has 1 amide bonds. The summed E-state index contributed by atoms with van der Waals surface area (Å²) >= 11 is 6.09. The van der Waals surface area contributed by atoms with Gasteiger partial charge in [0.2, 0.25) is 0 Å². The van der Waals surface area contributed by atoms with Gasteiger partial charge in [-0.2, -0.15) is 13.2 Å². The van der Waals surface area contributed by atoms with Gasteiger partial charge in [0.05, 0.1) is 5.52 Å². The minimum atomic E-state index is -4.56. The van der Waals surface area contributed by atoms with Gasteiger partial charge in [0.25, 0.3) is 5.91 Å². The van der Waals surface area contributed by atoms with Crippen molar-refractivity contribution >= 4 is 39.9 Å². The van der Waals surface area contributed by atoms with Crippen LogP contribution in [0, 0.1) is 5.92 Å². The Bertz CT molecular complexity index is 1300. The zero-order valence-electron chi connectivity index (χ0n) is 20.7. The number of anilines is 1. The molecule has 0 atom stereocenters. The summed E-state index contributed by atoms with van der Waals surface area (Å²) in [5, 5.41) is 7.27. The Morgan fingerprint density at radius 3 is 2.41 bits per heavy atom. The number of hydrogen-bond donors (Lipinski definition) is 2. The maximum absolute atomic E-state index is 13.4. The second-order valence-electron chi connectivity index (χ2n) is 9.88. The first-order valence-corrected chi connectivity index (χ1v) is 12.7. The van der Waals surface area contributed by atoms with Gasteiger partial charge in [0.1, 0.15) is 11.5 Å². The molecule has 0 spiro atoms. The van der Waals surface area contributed by atoms with E-state index in [9.17, 15) is 22.8 Å². The molecule has 196 valence electrons. The summed E-state index contributed by atoms with van der Waals surface area (Å²) in [6, 6.07) is 12.7. The Kier molecular flexibility index (Phi) is 8.07. The van der Waals surface area contributed by atoms with Crippen LogP contribution in [0.4, 0.5) is 18.9 Å². The molecule has 0 saturated heterocycles. The Labute approximate surface area is 218 Å². The zero-order valence-corrected chi connectivity index (χ0v) is 21.4. The van der Waals surface area contributed by atoms with Gasteiger partial charge >= 0.3 is 6.18 Å². The van der Waals surface area contributed by atoms with Crippen LogP contribution in [0.5, 0.6) is 0 Å². The van der Waals surface area contributed by atoms with Crippen LogP contribution in [0.3, 0.4) is 0 Å². The number of fused-ring (bicyclic) bond motifs is 1. The second-order valence-corrected chi connectivity index (χ2v) is 10.3. The van der Waals surface area contributed by atoms with Crippen molar-refractivity contribution in [1.29, 1.82) is 0 Å². The number of nitrogens with zero attached hydrogens (tertiary/aromatic N) is 1. The number of Topliss-reactive ketones (excluding diaryl/α,β-unsaturated/α-hetero) is 1. The molecular weight excluding hydrogens is 503 g/mol. The quantitative estimate of drug-likeness (QED) is 0.350. The van der Waals surface area contributed by atoms with Crippen LogP contribution in [0.15, 0.2) is 48.5 Å².